The van der Waals surface area contributed by atoms with Gasteiger partial charge in [-0.3, -0.25) is 9.59 Å². The molecule has 4 N–H and O–H groups in total. The Bertz CT molecular complexity index is 778. The fraction of sp³-hybridized carbons (Fsp3) is 0.316. The lowest BCUT2D eigenvalue weighted by molar-refractivity contribution is -0.120. The number of rotatable bonds is 7. The molecule has 1 aromatic heterocycles. The van der Waals surface area contributed by atoms with Gasteiger partial charge < -0.3 is 16.2 Å². The molecule has 0 aliphatic heterocycles. The second kappa shape index (κ2) is 8.53. The minimum atomic E-state index is -1.11. The highest BCUT2D eigenvalue weighted by atomic mass is 19.1. The van der Waals surface area contributed by atoms with Gasteiger partial charge in [0.15, 0.2) is 0 Å². The topological polar surface area (TPSA) is 105 Å². The molecule has 0 saturated carbocycles. The van der Waals surface area contributed by atoms with E-state index in [4.69, 9.17) is 5.73 Å². The number of amides is 2. The Morgan fingerprint density at radius 1 is 1.19 bits per heavy atom. The number of nitrogens with zero attached hydrogens (tertiary/aromatic N) is 1. The van der Waals surface area contributed by atoms with Gasteiger partial charge in [0.2, 0.25) is 5.91 Å². The van der Waals surface area contributed by atoms with Gasteiger partial charge in [-0.15, -0.1) is 0 Å². The summed E-state index contributed by atoms with van der Waals surface area (Å²) in [7, 11) is 0. The van der Waals surface area contributed by atoms with Crippen LogP contribution in [0.5, 0.6) is 0 Å². The maximum atomic E-state index is 13.0. The normalized spacial score (nSPS) is 13.3. The lowest BCUT2D eigenvalue weighted by Crippen LogP contribution is -2.45. The van der Waals surface area contributed by atoms with E-state index in [0.29, 0.717) is 12.0 Å². The number of carbonyl (C=O) groups excluding carboxylic acids is 2. The Labute approximate surface area is 151 Å². The number of pyridine rings is 1. The minimum absolute atomic E-state index is 0.0543. The van der Waals surface area contributed by atoms with E-state index in [1.165, 1.54) is 30.3 Å². The number of aliphatic hydroxyl groups is 1. The van der Waals surface area contributed by atoms with Crippen molar-refractivity contribution in [2.75, 3.05) is 0 Å². The van der Waals surface area contributed by atoms with Crippen LogP contribution in [0.2, 0.25) is 0 Å². The first-order chi connectivity index (χ1) is 12.3. The van der Waals surface area contributed by atoms with Gasteiger partial charge >= 0.3 is 0 Å². The van der Waals surface area contributed by atoms with Crippen LogP contribution in [-0.2, 0) is 4.79 Å². The summed E-state index contributed by atoms with van der Waals surface area (Å²) in [6.45, 7) is 3.83. The lowest BCUT2D eigenvalue weighted by atomic mass is 10.0. The highest BCUT2D eigenvalue weighted by molar-refractivity contribution is 5.95. The summed E-state index contributed by atoms with van der Waals surface area (Å²) in [4.78, 5) is 28.0. The van der Waals surface area contributed by atoms with Crippen LogP contribution in [0.15, 0.2) is 42.5 Å². The highest BCUT2D eigenvalue weighted by Gasteiger charge is 2.21. The third-order valence-corrected chi connectivity index (χ3v) is 3.83. The van der Waals surface area contributed by atoms with Gasteiger partial charge in [0.25, 0.3) is 5.91 Å². The molecule has 2 rings (SSSR count). The molecule has 0 aliphatic carbocycles. The third-order valence-electron chi connectivity index (χ3n) is 3.83. The first-order valence-corrected chi connectivity index (χ1v) is 8.28. The van der Waals surface area contributed by atoms with E-state index in [2.05, 4.69) is 10.3 Å². The van der Waals surface area contributed by atoms with Gasteiger partial charge in [-0.05, 0) is 42.2 Å². The van der Waals surface area contributed by atoms with Gasteiger partial charge in [0.05, 0.1) is 5.69 Å². The van der Waals surface area contributed by atoms with Gasteiger partial charge in [0, 0.05) is 0 Å². The van der Waals surface area contributed by atoms with Crippen LogP contribution in [-0.4, -0.2) is 27.9 Å². The number of hydrogen-bond donors (Lipinski definition) is 3. The molecule has 138 valence electrons. The summed E-state index contributed by atoms with van der Waals surface area (Å²) < 4.78 is 13.0. The molecular weight excluding hydrogens is 337 g/mol. The Hall–Kier alpha value is -2.80. The van der Waals surface area contributed by atoms with Crippen molar-refractivity contribution in [1.29, 1.82) is 0 Å². The molecule has 0 radical (unpaired) electrons. The average molecular weight is 359 g/mol. The Morgan fingerprint density at radius 3 is 2.42 bits per heavy atom. The average Bonchev–Trinajstić information content (AvgIpc) is 2.60. The zero-order chi connectivity index (χ0) is 19.3. The van der Waals surface area contributed by atoms with E-state index in [0.717, 1.165) is 0 Å². The van der Waals surface area contributed by atoms with E-state index in [9.17, 15) is 19.1 Å². The zero-order valence-corrected chi connectivity index (χ0v) is 14.6. The number of nitrogens with one attached hydrogen (secondary N) is 1. The molecule has 7 heteroatoms. The van der Waals surface area contributed by atoms with E-state index < -0.39 is 29.8 Å². The van der Waals surface area contributed by atoms with Crippen LogP contribution in [0, 0.1) is 11.7 Å². The maximum absolute atomic E-state index is 13.0. The number of halogens is 1. The monoisotopic (exact) mass is 359 g/mol. The van der Waals surface area contributed by atoms with Crippen LogP contribution in [0.25, 0.3) is 0 Å². The second-order valence-corrected chi connectivity index (χ2v) is 6.46. The quantitative estimate of drug-likeness (QED) is 0.702. The first kappa shape index (κ1) is 19.5. The smallest absolute Gasteiger partial charge is 0.270 e. The number of hydrogen-bond acceptors (Lipinski definition) is 4. The third kappa shape index (κ3) is 5.10. The van der Waals surface area contributed by atoms with Crippen LogP contribution in [0.3, 0.4) is 0 Å². The van der Waals surface area contributed by atoms with E-state index in [1.807, 2.05) is 13.8 Å². The number of nitrogens with two attached hydrogens (primary N) is 1. The van der Waals surface area contributed by atoms with Crippen molar-refractivity contribution in [2.24, 2.45) is 11.7 Å². The van der Waals surface area contributed by atoms with Gasteiger partial charge in [-0.25, -0.2) is 9.37 Å². The Morgan fingerprint density at radius 2 is 1.85 bits per heavy atom. The number of aliphatic hydroxyl groups excluding tert-OH is 1. The highest BCUT2D eigenvalue weighted by Crippen LogP contribution is 2.20. The molecule has 1 aromatic carbocycles. The van der Waals surface area contributed by atoms with Crippen LogP contribution < -0.4 is 11.1 Å². The summed E-state index contributed by atoms with van der Waals surface area (Å²) in [6.07, 6.45) is -0.690. The maximum Gasteiger partial charge on any atom is 0.270 e. The Kier molecular flexibility index (Phi) is 6.41. The van der Waals surface area contributed by atoms with Crippen molar-refractivity contribution in [3.63, 3.8) is 0 Å². The van der Waals surface area contributed by atoms with Crippen molar-refractivity contribution in [1.82, 2.24) is 10.3 Å². The fourth-order valence-electron chi connectivity index (χ4n) is 2.50. The summed E-state index contributed by atoms with van der Waals surface area (Å²) in [5.41, 5.74) is 6.08. The van der Waals surface area contributed by atoms with Gasteiger partial charge in [-0.2, -0.15) is 0 Å². The van der Waals surface area contributed by atoms with Crippen LogP contribution >= 0.6 is 0 Å². The largest absolute Gasteiger partial charge is 0.382 e. The molecule has 2 amide bonds. The van der Waals surface area contributed by atoms with Crippen molar-refractivity contribution < 1.29 is 19.1 Å². The van der Waals surface area contributed by atoms with Crippen molar-refractivity contribution in [2.45, 2.75) is 32.4 Å². The summed E-state index contributed by atoms with van der Waals surface area (Å²) in [6, 6.07) is 9.17. The molecule has 26 heavy (non-hydrogen) atoms. The molecule has 0 aliphatic rings. The fourth-order valence-corrected chi connectivity index (χ4v) is 2.50. The molecule has 0 saturated heterocycles. The molecule has 2 aromatic rings. The number of aromatic nitrogens is 1. The van der Waals surface area contributed by atoms with E-state index >= 15 is 0 Å². The number of carbonyl (C=O) groups is 2. The zero-order valence-electron chi connectivity index (χ0n) is 14.6. The van der Waals surface area contributed by atoms with Crippen molar-refractivity contribution >= 4 is 11.8 Å². The summed E-state index contributed by atoms with van der Waals surface area (Å²) >= 11 is 0. The summed E-state index contributed by atoms with van der Waals surface area (Å²) in [5, 5.41) is 13.0. The van der Waals surface area contributed by atoms with E-state index in [-0.39, 0.29) is 17.3 Å². The SMILES string of the molecule is CC(C)C[C@H](NC(=O)c1cccc(C(O)c2ccc(F)cc2)n1)C(N)=O. The minimum Gasteiger partial charge on any atom is -0.382 e. The van der Waals surface area contributed by atoms with Gasteiger partial charge in [0.1, 0.15) is 23.7 Å². The Balaban J connectivity index is 2.18. The molecule has 1 unspecified atom stereocenters. The molecular formula is C19H22FN3O3. The molecule has 0 spiro atoms. The van der Waals surface area contributed by atoms with Crippen LogP contribution in [0.4, 0.5) is 4.39 Å². The summed E-state index contributed by atoms with van der Waals surface area (Å²) in [5.74, 6) is -1.41. The van der Waals surface area contributed by atoms with E-state index in [1.54, 1.807) is 12.1 Å². The first-order valence-electron chi connectivity index (χ1n) is 8.28. The number of primary amides is 1. The van der Waals surface area contributed by atoms with Gasteiger partial charge in [-0.1, -0.05) is 32.0 Å². The molecule has 0 bridgehead atoms. The van der Waals surface area contributed by atoms with Crippen molar-refractivity contribution in [3.05, 3.63) is 65.2 Å². The number of benzene rings is 1. The van der Waals surface area contributed by atoms with Crippen molar-refractivity contribution in [3.8, 4) is 0 Å². The lowest BCUT2D eigenvalue weighted by Gasteiger charge is -2.17. The second-order valence-electron chi connectivity index (χ2n) is 6.46. The molecule has 2 atom stereocenters. The molecule has 0 fully saturated rings. The standard InChI is InChI=1S/C19H22FN3O3/c1-11(2)10-16(18(21)25)23-19(26)15-5-3-4-14(22-15)17(24)12-6-8-13(20)9-7-12/h3-9,11,16-17,24H,10H2,1-2H3,(H2,21,25)(H,23,26)/t16-,17?/m0/s1. The predicted molar refractivity (Wildman–Crippen MR) is 94.6 cm³/mol. The molecule has 6 nitrogen and oxygen atoms in total. The van der Waals surface area contributed by atoms with Crippen LogP contribution in [0.1, 0.15) is 48.1 Å². The predicted octanol–water partition coefficient (Wildman–Crippen LogP) is 1.93. The molecule has 1 heterocycles.